The number of pyridine rings is 1. The van der Waals surface area contributed by atoms with Gasteiger partial charge in [-0.25, -0.2) is 4.98 Å². The molecule has 4 heteroatoms. The van der Waals surface area contributed by atoms with Gasteiger partial charge in [-0.3, -0.25) is 0 Å². The van der Waals surface area contributed by atoms with Crippen LogP contribution in [0.15, 0.2) is 12.1 Å². The first kappa shape index (κ1) is 14.6. The van der Waals surface area contributed by atoms with Gasteiger partial charge in [0.25, 0.3) is 0 Å². The van der Waals surface area contributed by atoms with Gasteiger partial charge in [0.05, 0.1) is 5.69 Å². The molecule has 1 heterocycles. The molecule has 0 saturated heterocycles. The fourth-order valence-corrected chi connectivity index (χ4v) is 2.19. The Bertz CT molecular complexity index is 372. The highest BCUT2D eigenvalue weighted by Crippen LogP contribution is 2.23. The summed E-state index contributed by atoms with van der Waals surface area (Å²) < 4.78 is 0. The Morgan fingerprint density at radius 2 is 1.78 bits per heavy atom. The van der Waals surface area contributed by atoms with Crippen molar-refractivity contribution in [1.82, 2.24) is 4.98 Å². The second-order valence-electron chi connectivity index (χ2n) is 5.16. The summed E-state index contributed by atoms with van der Waals surface area (Å²) in [5, 5.41) is 0. The van der Waals surface area contributed by atoms with E-state index in [0.717, 1.165) is 25.2 Å². The first-order valence-electron chi connectivity index (χ1n) is 6.78. The van der Waals surface area contributed by atoms with Gasteiger partial charge in [-0.05, 0) is 30.9 Å². The molecule has 0 amide bonds. The zero-order valence-electron chi connectivity index (χ0n) is 12.0. The lowest BCUT2D eigenvalue weighted by molar-refractivity contribution is 0.503. The quantitative estimate of drug-likeness (QED) is 0.814. The predicted octanol–water partition coefficient (Wildman–Crippen LogP) is 2.90. The van der Waals surface area contributed by atoms with Crippen LogP contribution >= 0.6 is 0 Å². The van der Waals surface area contributed by atoms with Crippen LogP contribution in [0, 0.1) is 5.92 Å². The van der Waals surface area contributed by atoms with Gasteiger partial charge in [-0.1, -0.05) is 27.7 Å². The molecule has 102 valence electrons. The van der Waals surface area contributed by atoms with E-state index in [1.807, 2.05) is 12.1 Å². The maximum absolute atomic E-state index is 5.81. The van der Waals surface area contributed by atoms with E-state index in [0.29, 0.717) is 23.5 Å². The minimum absolute atomic E-state index is 0.423. The van der Waals surface area contributed by atoms with Gasteiger partial charge in [0.15, 0.2) is 0 Å². The van der Waals surface area contributed by atoms with Crippen molar-refractivity contribution >= 4 is 17.3 Å². The summed E-state index contributed by atoms with van der Waals surface area (Å²) in [7, 11) is 0. The Balaban J connectivity index is 3.04. The second-order valence-corrected chi connectivity index (χ2v) is 5.16. The number of hydrogen-bond donors (Lipinski definition) is 2. The molecule has 0 atom stereocenters. The monoisotopic (exact) mass is 250 g/mol. The number of nitrogen functional groups attached to an aromatic ring is 2. The summed E-state index contributed by atoms with van der Waals surface area (Å²) in [6.07, 6.45) is 2.21. The van der Waals surface area contributed by atoms with E-state index in [2.05, 4.69) is 37.6 Å². The van der Waals surface area contributed by atoms with E-state index in [-0.39, 0.29) is 0 Å². The van der Waals surface area contributed by atoms with Crippen molar-refractivity contribution in [2.75, 3.05) is 22.9 Å². The molecule has 0 aliphatic carbocycles. The van der Waals surface area contributed by atoms with Crippen LogP contribution in [0.2, 0.25) is 0 Å². The molecule has 0 saturated carbocycles. The smallest absolute Gasteiger partial charge is 0.149 e. The van der Waals surface area contributed by atoms with Crippen molar-refractivity contribution in [3.63, 3.8) is 0 Å². The zero-order chi connectivity index (χ0) is 13.7. The van der Waals surface area contributed by atoms with Gasteiger partial charge in [0, 0.05) is 12.6 Å². The lowest BCUT2D eigenvalue weighted by atomic mass is 10.1. The van der Waals surface area contributed by atoms with Crippen molar-refractivity contribution in [3.05, 3.63) is 12.1 Å². The van der Waals surface area contributed by atoms with E-state index in [1.54, 1.807) is 0 Å². The van der Waals surface area contributed by atoms with E-state index in [1.165, 1.54) is 0 Å². The Morgan fingerprint density at radius 1 is 1.17 bits per heavy atom. The van der Waals surface area contributed by atoms with Crippen molar-refractivity contribution < 1.29 is 0 Å². The third-order valence-electron chi connectivity index (χ3n) is 3.18. The van der Waals surface area contributed by atoms with Crippen LogP contribution in [-0.4, -0.2) is 17.6 Å². The number of anilines is 3. The van der Waals surface area contributed by atoms with Crippen LogP contribution in [0.3, 0.4) is 0 Å². The van der Waals surface area contributed by atoms with Gasteiger partial charge in [0.1, 0.15) is 11.6 Å². The molecule has 4 nitrogen and oxygen atoms in total. The first-order chi connectivity index (χ1) is 8.49. The summed E-state index contributed by atoms with van der Waals surface area (Å²) in [4.78, 5) is 6.77. The highest BCUT2D eigenvalue weighted by Gasteiger charge is 2.18. The van der Waals surface area contributed by atoms with Crippen LogP contribution in [0.25, 0.3) is 0 Å². The van der Waals surface area contributed by atoms with Gasteiger partial charge in [-0.15, -0.1) is 0 Å². The standard InChI is InChI=1S/C14H26N4/c1-5-11(6-2)18(9-10(3)4)13-8-7-12(15)14(16)17-13/h7-8,10-11H,5-6,9,15H2,1-4H3,(H2,16,17). The van der Waals surface area contributed by atoms with Gasteiger partial charge in [0.2, 0.25) is 0 Å². The molecule has 4 N–H and O–H groups in total. The average molecular weight is 250 g/mol. The first-order valence-corrected chi connectivity index (χ1v) is 6.78. The molecule has 0 fully saturated rings. The molecular weight excluding hydrogens is 224 g/mol. The SMILES string of the molecule is CCC(CC)N(CC(C)C)c1ccc(N)c(N)n1. The molecule has 1 rings (SSSR count). The van der Waals surface area contributed by atoms with Crippen LogP contribution in [-0.2, 0) is 0 Å². The number of rotatable bonds is 6. The van der Waals surface area contributed by atoms with Crippen molar-refractivity contribution in [2.45, 2.75) is 46.6 Å². The molecule has 1 aromatic rings. The highest BCUT2D eigenvalue weighted by molar-refractivity contribution is 5.62. The maximum atomic E-state index is 5.81. The van der Waals surface area contributed by atoms with Crippen molar-refractivity contribution in [1.29, 1.82) is 0 Å². The molecule has 0 radical (unpaired) electrons. The molecule has 0 spiro atoms. The fraction of sp³-hybridized carbons (Fsp3) is 0.643. The van der Waals surface area contributed by atoms with E-state index < -0.39 is 0 Å². The summed E-state index contributed by atoms with van der Waals surface area (Å²) in [6, 6.07) is 4.31. The number of nitrogens with zero attached hydrogens (tertiary/aromatic N) is 2. The molecule has 0 aliphatic rings. The Hall–Kier alpha value is -1.45. The van der Waals surface area contributed by atoms with Crippen molar-refractivity contribution in [2.24, 2.45) is 5.92 Å². The molecule has 0 aliphatic heterocycles. The molecule has 1 aromatic heterocycles. The van der Waals surface area contributed by atoms with Crippen LogP contribution in [0.4, 0.5) is 17.3 Å². The molecule has 0 aromatic carbocycles. The lowest BCUT2D eigenvalue weighted by Gasteiger charge is -2.33. The van der Waals surface area contributed by atoms with Gasteiger partial charge in [-0.2, -0.15) is 0 Å². The van der Waals surface area contributed by atoms with Gasteiger partial charge < -0.3 is 16.4 Å². The van der Waals surface area contributed by atoms with E-state index in [4.69, 9.17) is 11.5 Å². The largest absolute Gasteiger partial charge is 0.396 e. The number of hydrogen-bond acceptors (Lipinski definition) is 4. The Kier molecular flexibility index (Phi) is 5.25. The van der Waals surface area contributed by atoms with E-state index in [9.17, 15) is 0 Å². The van der Waals surface area contributed by atoms with Crippen molar-refractivity contribution in [3.8, 4) is 0 Å². The third kappa shape index (κ3) is 3.52. The number of aromatic nitrogens is 1. The van der Waals surface area contributed by atoms with Crippen LogP contribution < -0.4 is 16.4 Å². The van der Waals surface area contributed by atoms with E-state index >= 15 is 0 Å². The van der Waals surface area contributed by atoms with Crippen LogP contribution in [0.5, 0.6) is 0 Å². The average Bonchev–Trinajstić information content (AvgIpc) is 2.32. The summed E-state index contributed by atoms with van der Waals surface area (Å²) in [5.41, 5.74) is 12.1. The molecule has 0 bridgehead atoms. The van der Waals surface area contributed by atoms with Gasteiger partial charge >= 0.3 is 0 Å². The van der Waals surface area contributed by atoms with Crippen LogP contribution in [0.1, 0.15) is 40.5 Å². The molecule has 0 unspecified atom stereocenters. The molecular formula is C14H26N4. The predicted molar refractivity (Wildman–Crippen MR) is 79.6 cm³/mol. The lowest BCUT2D eigenvalue weighted by Crippen LogP contribution is -2.38. The summed E-state index contributed by atoms with van der Waals surface area (Å²) >= 11 is 0. The minimum Gasteiger partial charge on any atom is -0.396 e. The normalized spacial score (nSPS) is 11.2. The maximum Gasteiger partial charge on any atom is 0.149 e. The Labute approximate surface area is 110 Å². The minimum atomic E-state index is 0.423. The number of nitrogens with two attached hydrogens (primary N) is 2. The Morgan fingerprint density at radius 3 is 2.22 bits per heavy atom. The second kappa shape index (κ2) is 6.47. The molecule has 18 heavy (non-hydrogen) atoms. The summed E-state index contributed by atoms with van der Waals surface area (Å²) in [6.45, 7) is 9.85. The zero-order valence-corrected chi connectivity index (χ0v) is 12.0. The highest BCUT2D eigenvalue weighted by atomic mass is 15.2. The topological polar surface area (TPSA) is 68.2 Å². The fourth-order valence-electron chi connectivity index (χ4n) is 2.19. The summed E-state index contributed by atoms with van der Waals surface area (Å²) in [5.74, 6) is 1.95. The third-order valence-corrected chi connectivity index (χ3v) is 3.18.